The Morgan fingerprint density at radius 1 is 1.25 bits per heavy atom. The van der Waals surface area contributed by atoms with Gasteiger partial charge in [0.1, 0.15) is 17.7 Å². The van der Waals surface area contributed by atoms with Gasteiger partial charge in [0.15, 0.2) is 16.5 Å². The minimum Gasteiger partial charge on any atom is -0.442 e. The van der Waals surface area contributed by atoms with Crippen LogP contribution in [0.25, 0.3) is 0 Å². The van der Waals surface area contributed by atoms with Crippen LogP contribution in [0.3, 0.4) is 0 Å². The number of carbonyl (C=O) groups is 1. The third kappa shape index (κ3) is 4.26. The van der Waals surface area contributed by atoms with Crippen LogP contribution in [-0.4, -0.2) is 21.7 Å². The Morgan fingerprint density at radius 3 is 2.30 bits per heavy atom. The molecule has 20 heavy (non-hydrogen) atoms. The summed E-state index contributed by atoms with van der Waals surface area (Å²) in [6, 6.07) is 3.32. The van der Waals surface area contributed by atoms with Gasteiger partial charge in [-0.25, -0.2) is 9.78 Å². The summed E-state index contributed by atoms with van der Waals surface area (Å²) in [4.78, 5) is 23.4. The average molecular weight is 296 g/mol. The molecule has 1 heterocycles. The molecule has 1 aromatic heterocycles. The summed E-state index contributed by atoms with van der Waals surface area (Å²) in [7, 11) is 0. The lowest BCUT2D eigenvalue weighted by Gasteiger charge is -2.19. The molecule has 0 unspecified atom stereocenters. The number of ether oxygens (including phenoxy) is 1. The largest absolute Gasteiger partial charge is 0.442 e. The molecule has 0 aliphatic rings. The zero-order chi connectivity index (χ0) is 15.3. The summed E-state index contributed by atoms with van der Waals surface area (Å²) < 4.78 is 4.92. The summed E-state index contributed by atoms with van der Waals surface area (Å²) in [6.45, 7) is 5.03. The first-order valence-corrected chi connectivity index (χ1v) is 5.68. The number of nitrogens with one attached hydrogen (secondary N) is 1. The summed E-state index contributed by atoms with van der Waals surface area (Å²) in [6.07, 6.45) is -0.863. The highest BCUT2D eigenvalue weighted by Crippen LogP contribution is 2.20. The molecule has 8 nitrogen and oxygen atoms in total. The maximum atomic E-state index is 11.4. The quantitative estimate of drug-likeness (QED) is 0.824. The van der Waals surface area contributed by atoms with Gasteiger partial charge in [-0.3, -0.25) is 0 Å². The number of aromatic nitrogens is 2. The highest BCUT2D eigenvalue weighted by atomic mass is 35.5. The van der Waals surface area contributed by atoms with Gasteiger partial charge in [0.05, 0.1) is 0 Å². The lowest BCUT2D eigenvalue weighted by Crippen LogP contribution is -2.34. The van der Waals surface area contributed by atoms with Crippen LogP contribution in [0.4, 0.5) is 4.79 Å². The second kappa shape index (κ2) is 6.04. The van der Waals surface area contributed by atoms with Crippen LogP contribution in [-0.2, 0) is 4.74 Å². The van der Waals surface area contributed by atoms with Crippen molar-refractivity contribution in [2.75, 3.05) is 0 Å². The lowest BCUT2D eigenvalue weighted by molar-refractivity contribution is 0.0278. The number of amides is 1. The zero-order valence-corrected chi connectivity index (χ0v) is 11.6. The van der Waals surface area contributed by atoms with Gasteiger partial charge in [0, 0.05) is 0 Å². The van der Waals surface area contributed by atoms with Crippen molar-refractivity contribution in [3.05, 3.63) is 16.5 Å². The molecule has 0 atom stereocenters. The Balaban J connectivity index is 2.82. The van der Waals surface area contributed by atoms with Crippen molar-refractivity contribution in [1.82, 2.24) is 15.4 Å². The van der Waals surface area contributed by atoms with E-state index in [9.17, 15) is 4.79 Å². The molecule has 1 rings (SSSR count). The average Bonchev–Trinajstić information content (AvgIpc) is 2.34. The highest BCUT2D eigenvalue weighted by Gasteiger charge is 2.18. The fourth-order valence-corrected chi connectivity index (χ4v) is 1.17. The lowest BCUT2D eigenvalue weighted by atomic mass is 10.2. The molecule has 0 aliphatic heterocycles. The van der Waals surface area contributed by atoms with E-state index in [-0.39, 0.29) is 22.4 Å². The molecule has 0 fully saturated rings. The Labute approximate surface area is 119 Å². The van der Waals surface area contributed by atoms with Gasteiger partial charge in [-0.1, -0.05) is 11.6 Å². The molecule has 0 bridgehead atoms. The molecule has 0 spiro atoms. The maximum Gasteiger partial charge on any atom is 0.441 e. The Kier molecular flexibility index (Phi) is 4.68. The molecule has 0 aromatic carbocycles. The number of hydroxylamine groups is 1. The van der Waals surface area contributed by atoms with Crippen molar-refractivity contribution < 1.29 is 14.4 Å². The summed E-state index contributed by atoms with van der Waals surface area (Å²) >= 11 is 5.70. The fraction of sp³-hybridized carbons (Fsp3) is 0.364. The van der Waals surface area contributed by atoms with Gasteiger partial charge in [-0.2, -0.15) is 21.0 Å². The smallest absolute Gasteiger partial charge is 0.441 e. The molecule has 104 valence electrons. The highest BCUT2D eigenvalue weighted by molar-refractivity contribution is 6.30. The van der Waals surface area contributed by atoms with Gasteiger partial charge in [0.2, 0.25) is 0 Å². The summed E-state index contributed by atoms with van der Waals surface area (Å²) in [5.74, 6) is -0.312. The van der Waals surface area contributed by atoms with Crippen molar-refractivity contribution in [1.29, 1.82) is 10.5 Å². The fourth-order valence-electron chi connectivity index (χ4n) is 1.01. The van der Waals surface area contributed by atoms with E-state index < -0.39 is 11.7 Å². The standard InChI is InChI=1S/C11H10ClN5O3/c1-11(2,3)19-10(18)17-20-9-8(12)15-6(4-13)7(5-14)16-9/h1-3H3,(H,17,18). The Morgan fingerprint density at radius 2 is 1.80 bits per heavy atom. The summed E-state index contributed by atoms with van der Waals surface area (Å²) in [5, 5.41) is 17.2. The van der Waals surface area contributed by atoms with Gasteiger partial charge in [-0.05, 0) is 20.8 Å². The van der Waals surface area contributed by atoms with E-state index in [1.165, 1.54) is 0 Å². The molecule has 1 amide bonds. The number of nitriles is 2. The Bertz CT molecular complexity index is 612. The minimum absolute atomic E-state index is 0.234. The predicted octanol–water partition coefficient (Wildman–Crippen LogP) is 1.69. The van der Waals surface area contributed by atoms with Crippen LogP contribution < -0.4 is 10.3 Å². The number of rotatable bonds is 2. The van der Waals surface area contributed by atoms with E-state index in [0.717, 1.165) is 0 Å². The van der Waals surface area contributed by atoms with E-state index >= 15 is 0 Å². The molecule has 0 saturated heterocycles. The van der Waals surface area contributed by atoms with Crippen LogP contribution in [0.1, 0.15) is 32.2 Å². The van der Waals surface area contributed by atoms with Crippen LogP contribution in [0.15, 0.2) is 0 Å². The normalized spacial score (nSPS) is 10.1. The van der Waals surface area contributed by atoms with Crippen LogP contribution in [0.5, 0.6) is 5.88 Å². The molecule has 0 saturated carbocycles. The topological polar surface area (TPSA) is 121 Å². The van der Waals surface area contributed by atoms with Crippen molar-refractivity contribution in [2.24, 2.45) is 0 Å². The number of hydrogen-bond donors (Lipinski definition) is 1. The number of halogens is 1. The summed E-state index contributed by atoms with van der Waals surface area (Å²) in [5.41, 5.74) is 0.742. The molecule has 0 aliphatic carbocycles. The maximum absolute atomic E-state index is 11.4. The Hall–Kier alpha value is -2.58. The molecule has 9 heteroatoms. The molecule has 1 aromatic rings. The second-order valence-electron chi connectivity index (χ2n) is 4.45. The van der Waals surface area contributed by atoms with Crippen molar-refractivity contribution in [3.63, 3.8) is 0 Å². The number of nitrogens with zero attached hydrogens (tertiary/aromatic N) is 4. The monoisotopic (exact) mass is 295 g/mol. The van der Waals surface area contributed by atoms with E-state index in [4.69, 9.17) is 31.7 Å². The first kappa shape index (κ1) is 15.5. The van der Waals surface area contributed by atoms with Gasteiger partial charge < -0.3 is 9.57 Å². The first-order valence-electron chi connectivity index (χ1n) is 5.30. The van der Waals surface area contributed by atoms with Crippen LogP contribution in [0, 0.1) is 22.7 Å². The van der Waals surface area contributed by atoms with Gasteiger partial charge in [0.25, 0.3) is 5.88 Å². The predicted molar refractivity (Wildman–Crippen MR) is 66.5 cm³/mol. The second-order valence-corrected chi connectivity index (χ2v) is 4.80. The third-order valence-electron chi connectivity index (χ3n) is 1.67. The minimum atomic E-state index is -0.863. The molecular formula is C11H10ClN5O3. The number of carbonyl (C=O) groups excluding carboxylic acids is 1. The van der Waals surface area contributed by atoms with Crippen LogP contribution in [0.2, 0.25) is 5.15 Å². The number of hydrogen-bond acceptors (Lipinski definition) is 7. The zero-order valence-electron chi connectivity index (χ0n) is 10.9. The molecule has 0 radical (unpaired) electrons. The van der Waals surface area contributed by atoms with Gasteiger partial charge in [-0.15, -0.1) is 0 Å². The first-order chi connectivity index (χ1) is 9.26. The van der Waals surface area contributed by atoms with E-state index in [1.54, 1.807) is 32.9 Å². The molecule has 1 N–H and O–H groups in total. The molecular weight excluding hydrogens is 286 g/mol. The van der Waals surface area contributed by atoms with E-state index in [0.29, 0.717) is 0 Å². The van der Waals surface area contributed by atoms with Gasteiger partial charge >= 0.3 is 6.09 Å². The van der Waals surface area contributed by atoms with E-state index in [1.807, 2.05) is 5.48 Å². The van der Waals surface area contributed by atoms with E-state index in [2.05, 4.69) is 9.97 Å². The van der Waals surface area contributed by atoms with Crippen molar-refractivity contribution in [3.8, 4) is 18.0 Å². The van der Waals surface area contributed by atoms with Crippen molar-refractivity contribution >= 4 is 17.7 Å². The van der Waals surface area contributed by atoms with Crippen LogP contribution >= 0.6 is 11.6 Å². The van der Waals surface area contributed by atoms with Crippen molar-refractivity contribution in [2.45, 2.75) is 26.4 Å². The third-order valence-corrected chi connectivity index (χ3v) is 1.91. The SMILES string of the molecule is CC(C)(C)OC(=O)NOc1nc(C#N)c(C#N)nc1Cl.